The van der Waals surface area contributed by atoms with Crippen LogP contribution in [0, 0.1) is 12.7 Å². The summed E-state index contributed by atoms with van der Waals surface area (Å²) in [5, 5.41) is 2.68. The van der Waals surface area contributed by atoms with Crippen LogP contribution in [0.15, 0.2) is 40.8 Å². The molecule has 3 rings (SSSR count). The maximum Gasteiger partial charge on any atom is 0.289 e. The lowest BCUT2D eigenvalue weighted by Crippen LogP contribution is -2.50. The van der Waals surface area contributed by atoms with Gasteiger partial charge in [-0.2, -0.15) is 0 Å². The van der Waals surface area contributed by atoms with E-state index >= 15 is 0 Å². The molecule has 0 radical (unpaired) electrons. The summed E-state index contributed by atoms with van der Waals surface area (Å²) in [5.41, 5.74) is 0.437. The molecule has 2 amide bonds. The molecule has 1 saturated heterocycles. The Morgan fingerprint density at radius 3 is 2.56 bits per heavy atom. The van der Waals surface area contributed by atoms with Crippen LogP contribution in [0.3, 0.4) is 0 Å². The highest BCUT2D eigenvalue weighted by atomic mass is 19.1. The first kappa shape index (κ1) is 17.2. The van der Waals surface area contributed by atoms with Gasteiger partial charge in [0, 0.05) is 31.9 Å². The number of nitrogens with one attached hydrogen (secondary N) is 1. The first-order valence-corrected chi connectivity index (χ1v) is 8.15. The summed E-state index contributed by atoms with van der Waals surface area (Å²) in [4.78, 5) is 28.1. The lowest BCUT2D eigenvalue weighted by molar-refractivity contribution is -0.117. The molecule has 0 atom stereocenters. The highest BCUT2D eigenvalue weighted by Gasteiger charge is 2.24. The first-order chi connectivity index (χ1) is 12.0. The number of nitrogens with zero attached hydrogens (tertiary/aromatic N) is 2. The molecule has 6 nitrogen and oxygen atoms in total. The number of hydrogen-bond donors (Lipinski definition) is 1. The molecule has 1 aromatic heterocycles. The van der Waals surface area contributed by atoms with Crippen molar-refractivity contribution in [2.24, 2.45) is 0 Å². The first-order valence-electron chi connectivity index (χ1n) is 8.15. The summed E-state index contributed by atoms with van der Waals surface area (Å²) in [6.07, 6.45) is 0. The van der Waals surface area contributed by atoms with Crippen molar-refractivity contribution < 1.29 is 18.4 Å². The Labute approximate surface area is 145 Å². The van der Waals surface area contributed by atoms with Gasteiger partial charge in [0.1, 0.15) is 11.6 Å². The monoisotopic (exact) mass is 345 g/mol. The van der Waals surface area contributed by atoms with Crippen LogP contribution in [0.25, 0.3) is 0 Å². The van der Waals surface area contributed by atoms with Crippen molar-refractivity contribution >= 4 is 17.5 Å². The third-order valence-electron chi connectivity index (χ3n) is 4.09. The molecular weight excluding hydrogens is 325 g/mol. The number of benzene rings is 1. The molecule has 25 heavy (non-hydrogen) atoms. The number of halogens is 1. The number of furan rings is 1. The third-order valence-corrected chi connectivity index (χ3v) is 4.09. The number of rotatable bonds is 4. The van der Waals surface area contributed by atoms with Crippen molar-refractivity contribution in [1.82, 2.24) is 9.80 Å². The summed E-state index contributed by atoms with van der Waals surface area (Å²) in [7, 11) is 0. The minimum atomic E-state index is -0.391. The molecule has 1 N–H and O–H groups in total. The smallest absolute Gasteiger partial charge is 0.289 e. The molecule has 132 valence electrons. The highest BCUT2D eigenvalue weighted by Crippen LogP contribution is 2.13. The summed E-state index contributed by atoms with van der Waals surface area (Å²) >= 11 is 0. The molecule has 2 heterocycles. The maximum atomic E-state index is 13.1. The van der Waals surface area contributed by atoms with Crippen LogP contribution in [0.2, 0.25) is 0 Å². The largest absolute Gasteiger partial charge is 0.456 e. The fraction of sp³-hybridized carbons (Fsp3) is 0.333. The highest BCUT2D eigenvalue weighted by molar-refractivity contribution is 5.92. The van der Waals surface area contributed by atoms with E-state index in [4.69, 9.17) is 4.42 Å². The molecule has 0 unspecified atom stereocenters. The van der Waals surface area contributed by atoms with Gasteiger partial charge in [0.15, 0.2) is 5.76 Å². The Bertz CT molecular complexity index is 766. The van der Waals surface area contributed by atoms with Crippen LogP contribution in [0.5, 0.6) is 0 Å². The van der Waals surface area contributed by atoms with Crippen LogP contribution >= 0.6 is 0 Å². The van der Waals surface area contributed by atoms with Gasteiger partial charge in [0.05, 0.1) is 6.54 Å². The molecule has 7 heteroatoms. The zero-order chi connectivity index (χ0) is 17.8. The van der Waals surface area contributed by atoms with Crippen LogP contribution < -0.4 is 5.32 Å². The van der Waals surface area contributed by atoms with Crippen molar-refractivity contribution in [1.29, 1.82) is 0 Å². The Hall–Kier alpha value is -2.67. The summed E-state index contributed by atoms with van der Waals surface area (Å²) in [6, 6.07) is 9.23. The van der Waals surface area contributed by atoms with Crippen LogP contribution in [0.4, 0.5) is 10.1 Å². The van der Waals surface area contributed by atoms with E-state index in [0.29, 0.717) is 43.4 Å². The zero-order valence-corrected chi connectivity index (χ0v) is 14.0. The fourth-order valence-electron chi connectivity index (χ4n) is 2.78. The molecular formula is C18H20FN3O3. The lowest BCUT2D eigenvalue weighted by Gasteiger charge is -2.33. The molecule has 1 fully saturated rings. The van der Waals surface area contributed by atoms with Crippen LogP contribution in [0.1, 0.15) is 16.3 Å². The van der Waals surface area contributed by atoms with Crippen molar-refractivity contribution in [3.63, 3.8) is 0 Å². The van der Waals surface area contributed by atoms with Gasteiger partial charge in [0.25, 0.3) is 5.91 Å². The lowest BCUT2D eigenvalue weighted by atomic mass is 10.2. The summed E-state index contributed by atoms with van der Waals surface area (Å²) in [5.74, 6) is 0.327. The predicted octanol–water partition coefficient (Wildman–Crippen LogP) is 2.12. The number of hydrogen-bond acceptors (Lipinski definition) is 4. The van der Waals surface area contributed by atoms with E-state index in [1.807, 2.05) is 4.90 Å². The molecule has 0 aliphatic carbocycles. The van der Waals surface area contributed by atoms with E-state index in [1.165, 1.54) is 12.1 Å². The number of amides is 2. The van der Waals surface area contributed by atoms with E-state index in [9.17, 15) is 14.0 Å². The topological polar surface area (TPSA) is 65.8 Å². The van der Waals surface area contributed by atoms with Crippen molar-refractivity contribution in [2.75, 3.05) is 38.0 Å². The van der Waals surface area contributed by atoms with Crippen LogP contribution in [-0.2, 0) is 4.79 Å². The third kappa shape index (κ3) is 4.45. The number of carbonyl (C=O) groups excluding carboxylic acids is 2. The SMILES string of the molecule is Cc1ccc(C(=O)N2CCN(CC(=O)Nc3cccc(F)c3)CC2)o1. The molecule has 0 bridgehead atoms. The van der Waals surface area contributed by atoms with E-state index in [-0.39, 0.29) is 18.4 Å². The average Bonchev–Trinajstić information content (AvgIpc) is 3.01. The van der Waals surface area contributed by atoms with Gasteiger partial charge >= 0.3 is 0 Å². The quantitative estimate of drug-likeness (QED) is 0.922. The second-order valence-corrected chi connectivity index (χ2v) is 6.04. The zero-order valence-electron chi connectivity index (χ0n) is 14.0. The molecule has 1 aliphatic heterocycles. The summed E-state index contributed by atoms with van der Waals surface area (Å²) < 4.78 is 18.5. The van der Waals surface area contributed by atoms with Crippen molar-refractivity contribution in [3.8, 4) is 0 Å². The Balaban J connectivity index is 1.47. The predicted molar refractivity (Wildman–Crippen MR) is 90.8 cm³/mol. The molecule has 2 aromatic rings. The number of carbonyl (C=O) groups is 2. The average molecular weight is 345 g/mol. The number of aryl methyl sites for hydroxylation is 1. The Kier molecular flexibility index (Phi) is 5.14. The maximum absolute atomic E-state index is 13.1. The van der Waals surface area contributed by atoms with E-state index in [1.54, 1.807) is 36.1 Å². The van der Waals surface area contributed by atoms with Gasteiger partial charge in [-0.1, -0.05) is 6.07 Å². The number of piperazine rings is 1. The van der Waals surface area contributed by atoms with Crippen LogP contribution in [-0.4, -0.2) is 54.3 Å². The Morgan fingerprint density at radius 2 is 1.92 bits per heavy atom. The molecule has 0 spiro atoms. The molecule has 1 aromatic carbocycles. The van der Waals surface area contributed by atoms with Gasteiger partial charge in [-0.3, -0.25) is 14.5 Å². The Morgan fingerprint density at radius 1 is 1.16 bits per heavy atom. The normalized spacial score (nSPS) is 15.2. The van der Waals surface area contributed by atoms with Gasteiger partial charge in [-0.05, 0) is 37.3 Å². The van der Waals surface area contributed by atoms with Gasteiger partial charge < -0.3 is 14.6 Å². The van der Waals surface area contributed by atoms with Gasteiger partial charge in [-0.15, -0.1) is 0 Å². The van der Waals surface area contributed by atoms with E-state index in [2.05, 4.69) is 5.32 Å². The number of anilines is 1. The minimum absolute atomic E-state index is 0.128. The second kappa shape index (κ2) is 7.48. The van der Waals surface area contributed by atoms with Gasteiger partial charge in [-0.25, -0.2) is 4.39 Å². The van der Waals surface area contributed by atoms with E-state index < -0.39 is 5.82 Å². The standard InChI is InChI=1S/C18H20FN3O3/c1-13-5-6-16(25-13)18(24)22-9-7-21(8-10-22)12-17(23)20-15-4-2-3-14(19)11-15/h2-6,11H,7-10,12H2,1H3,(H,20,23). The van der Waals surface area contributed by atoms with Crippen molar-refractivity contribution in [2.45, 2.75) is 6.92 Å². The van der Waals surface area contributed by atoms with E-state index in [0.717, 1.165) is 0 Å². The van der Waals surface area contributed by atoms with Crippen molar-refractivity contribution in [3.05, 3.63) is 53.7 Å². The fourth-order valence-corrected chi connectivity index (χ4v) is 2.78. The summed E-state index contributed by atoms with van der Waals surface area (Å²) in [6.45, 7) is 4.27. The molecule has 1 aliphatic rings. The second-order valence-electron chi connectivity index (χ2n) is 6.04. The molecule has 0 saturated carbocycles. The van der Waals surface area contributed by atoms with Gasteiger partial charge in [0.2, 0.25) is 5.91 Å². The minimum Gasteiger partial charge on any atom is -0.456 e.